The molecular formula is C12H24N4O. The van der Waals surface area contributed by atoms with Gasteiger partial charge in [0, 0.05) is 13.7 Å². The highest BCUT2D eigenvalue weighted by atomic mass is 16.5. The number of hydrogen-bond acceptors (Lipinski definition) is 4. The first-order valence-electron chi connectivity index (χ1n) is 6.30. The second-order valence-corrected chi connectivity index (χ2v) is 4.21. The Hall–Kier alpha value is -0.940. The molecule has 0 fully saturated rings. The Morgan fingerprint density at radius 1 is 1.41 bits per heavy atom. The average Bonchev–Trinajstić information content (AvgIpc) is 2.75. The van der Waals surface area contributed by atoms with Gasteiger partial charge in [0.15, 0.2) is 0 Å². The van der Waals surface area contributed by atoms with Crippen LogP contribution in [0.2, 0.25) is 0 Å². The number of nitrogens with zero attached hydrogens (tertiary/aromatic N) is 3. The quantitative estimate of drug-likeness (QED) is 0.787. The molecular weight excluding hydrogens is 216 g/mol. The van der Waals surface area contributed by atoms with Crippen LogP contribution in [0, 0.1) is 0 Å². The van der Waals surface area contributed by atoms with Crippen molar-refractivity contribution >= 4 is 0 Å². The molecule has 0 spiro atoms. The van der Waals surface area contributed by atoms with Crippen LogP contribution in [0.15, 0.2) is 6.20 Å². The molecule has 1 aromatic rings. The Bertz CT molecular complexity index is 333. The lowest BCUT2D eigenvalue weighted by atomic mass is 9.86. The first-order valence-corrected chi connectivity index (χ1v) is 6.30. The van der Waals surface area contributed by atoms with Crippen LogP contribution < -0.4 is 5.32 Å². The minimum Gasteiger partial charge on any atom is -0.373 e. The van der Waals surface area contributed by atoms with E-state index in [9.17, 15) is 0 Å². The number of hydrogen-bond donors (Lipinski definition) is 1. The van der Waals surface area contributed by atoms with Gasteiger partial charge in [0.25, 0.3) is 0 Å². The summed E-state index contributed by atoms with van der Waals surface area (Å²) >= 11 is 0. The van der Waals surface area contributed by atoms with E-state index in [1.54, 1.807) is 10.9 Å². The fraction of sp³-hybridized carbons (Fsp3) is 0.833. The predicted octanol–water partition coefficient (Wildman–Crippen LogP) is 1.67. The molecule has 98 valence electrons. The van der Waals surface area contributed by atoms with E-state index in [0.29, 0.717) is 6.61 Å². The van der Waals surface area contributed by atoms with Gasteiger partial charge in [-0.2, -0.15) is 0 Å². The van der Waals surface area contributed by atoms with Gasteiger partial charge < -0.3 is 10.1 Å². The van der Waals surface area contributed by atoms with Crippen LogP contribution in [0.25, 0.3) is 0 Å². The molecule has 17 heavy (non-hydrogen) atoms. The Labute approximate surface area is 104 Å². The molecule has 0 aliphatic rings. The van der Waals surface area contributed by atoms with E-state index < -0.39 is 0 Å². The maximum Gasteiger partial charge on any atom is 0.0886 e. The van der Waals surface area contributed by atoms with E-state index in [1.165, 1.54) is 0 Å². The highest BCUT2D eigenvalue weighted by molar-refractivity contribution is 5.09. The highest BCUT2D eigenvalue weighted by Crippen LogP contribution is 2.34. The third-order valence-corrected chi connectivity index (χ3v) is 3.49. The zero-order chi connectivity index (χ0) is 12.9. The van der Waals surface area contributed by atoms with Gasteiger partial charge in [0.05, 0.1) is 23.5 Å². The molecule has 0 aliphatic heterocycles. The maximum atomic E-state index is 6.03. The summed E-state index contributed by atoms with van der Waals surface area (Å²) in [5.74, 6) is 0. The third kappa shape index (κ3) is 2.66. The first kappa shape index (κ1) is 14.1. The van der Waals surface area contributed by atoms with Gasteiger partial charge in [-0.1, -0.05) is 19.1 Å². The molecule has 1 rings (SSSR count). The molecule has 1 N–H and O–H groups in total. The topological polar surface area (TPSA) is 52.0 Å². The second-order valence-electron chi connectivity index (χ2n) is 4.21. The smallest absolute Gasteiger partial charge is 0.0886 e. The van der Waals surface area contributed by atoms with Gasteiger partial charge in [-0.05, 0) is 26.8 Å². The van der Waals surface area contributed by atoms with Crippen LogP contribution in [-0.2, 0) is 11.8 Å². The van der Waals surface area contributed by atoms with Crippen LogP contribution in [-0.4, -0.2) is 34.2 Å². The lowest BCUT2D eigenvalue weighted by Gasteiger charge is -2.39. The second kappa shape index (κ2) is 6.12. The van der Waals surface area contributed by atoms with E-state index in [2.05, 4.69) is 29.5 Å². The first-order chi connectivity index (χ1) is 8.15. The van der Waals surface area contributed by atoms with Crippen molar-refractivity contribution < 1.29 is 4.74 Å². The van der Waals surface area contributed by atoms with Gasteiger partial charge in [-0.25, -0.2) is 0 Å². The number of likely N-dealkylation sites (N-methyl/N-ethyl adjacent to an activating group) is 1. The molecule has 0 saturated carbocycles. The fourth-order valence-electron chi connectivity index (χ4n) is 2.47. The van der Waals surface area contributed by atoms with E-state index >= 15 is 0 Å². The summed E-state index contributed by atoms with van der Waals surface area (Å²) in [6.45, 7) is 7.07. The van der Waals surface area contributed by atoms with Crippen molar-refractivity contribution in [1.29, 1.82) is 0 Å². The molecule has 1 heterocycles. The summed E-state index contributed by atoms with van der Waals surface area (Å²) in [5.41, 5.74) is 0.864. The van der Waals surface area contributed by atoms with Crippen LogP contribution in [0.4, 0.5) is 0 Å². The highest BCUT2D eigenvalue weighted by Gasteiger charge is 2.38. The molecule has 1 aromatic heterocycles. The average molecular weight is 240 g/mol. The summed E-state index contributed by atoms with van der Waals surface area (Å²) in [4.78, 5) is 0. The number of aryl methyl sites for hydroxylation is 1. The summed E-state index contributed by atoms with van der Waals surface area (Å²) in [7, 11) is 3.87. The molecule has 0 aromatic carbocycles. The van der Waals surface area contributed by atoms with Crippen molar-refractivity contribution in [3.8, 4) is 0 Å². The summed E-state index contributed by atoms with van der Waals surface area (Å²) < 4.78 is 7.83. The van der Waals surface area contributed by atoms with Crippen molar-refractivity contribution in [3.05, 3.63) is 11.9 Å². The van der Waals surface area contributed by atoms with Gasteiger partial charge in [-0.15, -0.1) is 5.10 Å². The number of ether oxygens (including phenoxy) is 1. The monoisotopic (exact) mass is 240 g/mol. The van der Waals surface area contributed by atoms with Crippen molar-refractivity contribution in [2.75, 3.05) is 13.7 Å². The van der Waals surface area contributed by atoms with E-state index in [-0.39, 0.29) is 11.6 Å². The minimum atomic E-state index is -0.195. The van der Waals surface area contributed by atoms with E-state index in [1.807, 2.05) is 21.0 Å². The van der Waals surface area contributed by atoms with Crippen LogP contribution in [0.3, 0.4) is 0 Å². The Morgan fingerprint density at radius 3 is 2.41 bits per heavy atom. The van der Waals surface area contributed by atoms with Crippen molar-refractivity contribution in [2.45, 2.75) is 45.3 Å². The molecule has 0 amide bonds. The Balaban J connectivity index is 3.09. The standard InChI is InChI=1S/C12H24N4O/c1-6-12(7-2,17-8-3)11(13-4)10-9-14-15-16(10)5/h9,11,13H,6-8H2,1-5H3. The van der Waals surface area contributed by atoms with Gasteiger partial charge in [0.2, 0.25) is 0 Å². The lowest BCUT2D eigenvalue weighted by Crippen LogP contribution is -2.45. The maximum absolute atomic E-state index is 6.03. The van der Waals surface area contributed by atoms with Gasteiger partial charge in [0.1, 0.15) is 0 Å². The molecule has 5 nitrogen and oxygen atoms in total. The summed E-state index contributed by atoms with van der Waals surface area (Å²) in [6, 6.07) is 0.109. The Morgan fingerprint density at radius 2 is 2.06 bits per heavy atom. The molecule has 0 saturated heterocycles. The van der Waals surface area contributed by atoms with Crippen LogP contribution in [0.5, 0.6) is 0 Å². The number of nitrogens with one attached hydrogen (secondary N) is 1. The van der Waals surface area contributed by atoms with Crippen molar-refractivity contribution in [1.82, 2.24) is 20.3 Å². The fourth-order valence-corrected chi connectivity index (χ4v) is 2.47. The van der Waals surface area contributed by atoms with Crippen molar-refractivity contribution in [2.24, 2.45) is 7.05 Å². The van der Waals surface area contributed by atoms with E-state index in [0.717, 1.165) is 18.5 Å². The largest absolute Gasteiger partial charge is 0.373 e. The normalized spacial score (nSPS) is 13.9. The predicted molar refractivity (Wildman–Crippen MR) is 67.7 cm³/mol. The molecule has 1 atom stereocenters. The summed E-state index contributed by atoms with van der Waals surface area (Å²) in [6.07, 6.45) is 3.71. The van der Waals surface area contributed by atoms with Gasteiger partial charge >= 0.3 is 0 Å². The number of rotatable bonds is 7. The molecule has 1 unspecified atom stereocenters. The molecule has 0 radical (unpaired) electrons. The Kier molecular flexibility index (Phi) is 5.08. The zero-order valence-corrected chi connectivity index (χ0v) is 11.5. The molecule has 0 bridgehead atoms. The van der Waals surface area contributed by atoms with Crippen molar-refractivity contribution in [3.63, 3.8) is 0 Å². The molecule has 5 heteroatoms. The van der Waals surface area contributed by atoms with E-state index in [4.69, 9.17) is 4.74 Å². The van der Waals surface area contributed by atoms with Gasteiger partial charge in [-0.3, -0.25) is 4.68 Å². The molecule has 0 aliphatic carbocycles. The van der Waals surface area contributed by atoms with Crippen LogP contribution >= 0.6 is 0 Å². The zero-order valence-electron chi connectivity index (χ0n) is 11.5. The number of aromatic nitrogens is 3. The lowest BCUT2D eigenvalue weighted by molar-refractivity contribution is -0.0734. The van der Waals surface area contributed by atoms with Crippen LogP contribution in [0.1, 0.15) is 45.3 Å². The minimum absolute atomic E-state index is 0.109. The SMILES string of the molecule is CCOC(CC)(CC)C(NC)c1cnnn1C. The third-order valence-electron chi connectivity index (χ3n) is 3.49. The summed E-state index contributed by atoms with van der Waals surface area (Å²) in [5, 5.41) is 11.3.